The molecule has 0 spiro atoms. The number of nitrogens with zero attached hydrogens (tertiary/aromatic N) is 2. The van der Waals surface area contributed by atoms with Gasteiger partial charge in [-0.25, -0.2) is 9.37 Å². The normalized spacial score (nSPS) is 12.3. The van der Waals surface area contributed by atoms with Gasteiger partial charge in [-0.3, -0.25) is 4.79 Å². The van der Waals surface area contributed by atoms with Crippen LogP contribution in [0.25, 0.3) is 0 Å². The highest BCUT2D eigenvalue weighted by Crippen LogP contribution is 2.12. The first-order valence-electron chi connectivity index (χ1n) is 5.73. The second-order valence-corrected chi connectivity index (χ2v) is 4.32. The quantitative estimate of drug-likeness (QED) is 0.821. The van der Waals surface area contributed by atoms with Gasteiger partial charge in [0.2, 0.25) is 0 Å². The third kappa shape index (κ3) is 3.66. The molecule has 6 heteroatoms. The minimum atomic E-state index is -0.528. The fourth-order valence-electron chi connectivity index (χ4n) is 1.33. The van der Waals surface area contributed by atoms with Gasteiger partial charge in [-0.15, -0.1) is 0 Å². The summed E-state index contributed by atoms with van der Waals surface area (Å²) in [5.41, 5.74) is 0.212. The molecule has 18 heavy (non-hydrogen) atoms. The molecule has 100 valence electrons. The van der Waals surface area contributed by atoms with Crippen molar-refractivity contribution in [3.63, 3.8) is 0 Å². The van der Waals surface area contributed by atoms with Gasteiger partial charge in [0.15, 0.2) is 0 Å². The molecular formula is C12H19FN4O. The molecule has 1 unspecified atom stereocenters. The van der Waals surface area contributed by atoms with Crippen molar-refractivity contribution in [3.05, 3.63) is 23.6 Å². The van der Waals surface area contributed by atoms with Crippen LogP contribution < -0.4 is 10.6 Å². The van der Waals surface area contributed by atoms with Crippen LogP contribution in [0.5, 0.6) is 0 Å². The first-order valence-corrected chi connectivity index (χ1v) is 5.73. The van der Waals surface area contributed by atoms with Gasteiger partial charge in [0.05, 0.1) is 11.8 Å². The molecule has 0 aliphatic rings. The molecule has 5 nitrogen and oxygen atoms in total. The van der Waals surface area contributed by atoms with Crippen molar-refractivity contribution in [1.29, 1.82) is 0 Å². The van der Waals surface area contributed by atoms with Crippen LogP contribution in [0.4, 0.5) is 10.2 Å². The lowest BCUT2D eigenvalue weighted by Gasteiger charge is -2.20. The number of nitrogens with one attached hydrogen (secondary N) is 2. The number of halogens is 1. The van der Waals surface area contributed by atoms with Gasteiger partial charge in [0, 0.05) is 19.6 Å². The van der Waals surface area contributed by atoms with E-state index in [1.165, 1.54) is 6.07 Å². The predicted octanol–water partition coefficient (Wildman–Crippen LogP) is 0.942. The van der Waals surface area contributed by atoms with E-state index in [-0.39, 0.29) is 17.5 Å². The summed E-state index contributed by atoms with van der Waals surface area (Å²) in [7, 11) is 5.50. The monoisotopic (exact) mass is 254 g/mol. The number of anilines is 1. The van der Waals surface area contributed by atoms with Crippen LogP contribution in [0.15, 0.2) is 12.3 Å². The Morgan fingerprint density at radius 1 is 1.56 bits per heavy atom. The van der Waals surface area contributed by atoms with Gasteiger partial charge in [-0.2, -0.15) is 0 Å². The van der Waals surface area contributed by atoms with Gasteiger partial charge >= 0.3 is 0 Å². The third-order valence-corrected chi connectivity index (χ3v) is 2.78. The maximum atomic E-state index is 13.1. The number of hydrogen-bond acceptors (Lipinski definition) is 4. The maximum Gasteiger partial charge on any atom is 0.255 e. The zero-order valence-corrected chi connectivity index (χ0v) is 11.1. The van der Waals surface area contributed by atoms with Crippen molar-refractivity contribution in [1.82, 2.24) is 15.2 Å². The predicted molar refractivity (Wildman–Crippen MR) is 69.2 cm³/mol. The Bertz CT molecular complexity index is 423. The van der Waals surface area contributed by atoms with E-state index in [1.54, 1.807) is 7.05 Å². The van der Waals surface area contributed by atoms with E-state index < -0.39 is 5.82 Å². The van der Waals surface area contributed by atoms with Gasteiger partial charge in [-0.1, -0.05) is 0 Å². The molecular weight excluding hydrogens is 235 g/mol. The molecule has 1 heterocycles. The number of pyridine rings is 1. The smallest absolute Gasteiger partial charge is 0.255 e. The lowest BCUT2D eigenvalue weighted by molar-refractivity contribution is 0.0943. The molecule has 1 rings (SSSR count). The second kappa shape index (κ2) is 6.30. The van der Waals surface area contributed by atoms with Crippen LogP contribution in [0, 0.1) is 5.82 Å². The Hall–Kier alpha value is -1.69. The minimum Gasteiger partial charge on any atom is -0.372 e. The van der Waals surface area contributed by atoms with E-state index in [1.807, 2.05) is 25.9 Å². The van der Waals surface area contributed by atoms with Crippen LogP contribution in [-0.4, -0.2) is 49.5 Å². The average molecular weight is 254 g/mol. The van der Waals surface area contributed by atoms with Crippen LogP contribution >= 0.6 is 0 Å². The maximum absolute atomic E-state index is 13.1. The molecule has 0 aliphatic heterocycles. The number of likely N-dealkylation sites (N-methyl/N-ethyl adjacent to an activating group) is 1. The van der Waals surface area contributed by atoms with E-state index in [0.29, 0.717) is 12.4 Å². The Labute approximate surface area is 106 Å². The summed E-state index contributed by atoms with van der Waals surface area (Å²) in [4.78, 5) is 17.7. The molecule has 0 saturated carbocycles. The van der Waals surface area contributed by atoms with Crippen LogP contribution in [0.2, 0.25) is 0 Å². The number of rotatable bonds is 5. The van der Waals surface area contributed by atoms with E-state index in [2.05, 4.69) is 15.6 Å². The Morgan fingerprint density at radius 2 is 2.22 bits per heavy atom. The number of carbonyl (C=O) groups is 1. The molecule has 0 radical (unpaired) electrons. The molecule has 0 bridgehead atoms. The summed E-state index contributed by atoms with van der Waals surface area (Å²) >= 11 is 0. The zero-order valence-electron chi connectivity index (χ0n) is 11.1. The molecule has 0 saturated heterocycles. The van der Waals surface area contributed by atoms with E-state index in [4.69, 9.17) is 0 Å². The number of amides is 1. The average Bonchev–Trinajstić information content (AvgIpc) is 2.35. The summed E-state index contributed by atoms with van der Waals surface area (Å²) in [5.74, 6) is -0.494. The molecule has 1 atom stereocenters. The highest BCUT2D eigenvalue weighted by molar-refractivity contribution is 5.98. The van der Waals surface area contributed by atoms with Gasteiger partial charge in [0.25, 0.3) is 5.91 Å². The van der Waals surface area contributed by atoms with Gasteiger partial charge < -0.3 is 15.5 Å². The van der Waals surface area contributed by atoms with Crippen molar-refractivity contribution in [2.45, 2.75) is 13.0 Å². The standard InChI is InChI=1S/C12H19FN4O/c1-8(17(3)4)6-16-12(18)10-5-9(13)7-15-11(10)14-2/h5,7-8H,6H2,1-4H3,(H,14,15)(H,16,18). The Balaban J connectivity index is 2.75. The van der Waals surface area contributed by atoms with E-state index in [0.717, 1.165) is 6.20 Å². The van der Waals surface area contributed by atoms with Crippen molar-refractivity contribution in [2.75, 3.05) is 33.0 Å². The number of aromatic nitrogens is 1. The summed E-state index contributed by atoms with van der Waals surface area (Å²) in [6.45, 7) is 2.48. The largest absolute Gasteiger partial charge is 0.372 e. The SMILES string of the molecule is CNc1ncc(F)cc1C(=O)NCC(C)N(C)C. The summed E-state index contributed by atoms with van der Waals surface area (Å²) in [5, 5.41) is 5.52. The lowest BCUT2D eigenvalue weighted by atomic mass is 10.2. The molecule has 2 N–H and O–H groups in total. The van der Waals surface area contributed by atoms with Gasteiger partial charge in [0.1, 0.15) is 11.6 Å². The summed E-state index contributed by atoms with van der Waals surface area (Å²) in [6.07, 6.45) is 1.07. The fraction of sp³-hybridized carbons (Fsp3) is 0.500. The highest BCUT2D eigenvalue weighted by Gasteiger charge is 2.14. The Morgan fingerprint density at radius 3 is 2.78 bits per heavy atom. The Kier molecular flexibility index (Phi) is 5.03. The summed E-state index contributed by atoms with van der Waals surface area (Å²) in [6, 6.07) is 1.38. The molecule has 1 aromatic heterocycles. The second-order valence-electron chi connectivity index (χ2n) is 4.32. The van der Waals surface area contributed by atoms with Crippen LogP contribution in [0.1, 0.15) is 17.3 Å². The fourth-order valence-corrected chi connectivity index (χ4v) is 1.33. The molecule has 0 fully saturated rings. The lowest BCUT2D eigenvalue weighted by Crippen LogP contribution is -2.38. The van der Waals surface area contributed by atoms with E-state index >= 15 is 0 Å². The summed E-state index contributed by atoms with van der Waals surface area (Å²) < 4.78 is 13.1. The first-order chi connectivity index (χ1) is 8.45. The highest BCUT2D eigenvalue weighted by atomic mass is 19.1. The van der Waals surface area contributed by atoms with Crippen molar-refractivity contribution >= 4 is 11.7 Å². The van der Waals surface area contributed by atoms with Crippen molar-refractivity contribution in [2.24, 2.45) is 0 Å². The molecule has 1 aromatic rings. The number of hydrogen-bond donors (Lipinski definition) is 2. The third-order valence-electron chi connectivity index (χ3n) is 2.78. The number of carbonyl (C=O) groups excluding carboxylic acids is 1. The van der Waals surface area contributed by atoms with Crippen molar-refractivity contribution < 1.29 is 9.18 Å². The topological polar surface area (TPSA) is 57.3 Å². The molecule has 1 amide bonds. The molecule has 0 aromatic carbocycles. The van der Waals surface area contributed by atoms with Crippen molar-refractivity contribution in [3.8, 4) is 0 Å². The van der Waals surface area contributed by atoms with E-state index in [9.17, 15) is 9.18 Å². The first kappa shape index (κ1) is 14.4. The van der Waals surface area contributed by atoms with Crippen LogP contribution in [0.3, 0.4) is 0 Å². The van der Waals surface area contributed by atoms with Gasteiger partial charge in [-0.05, 0) is 27.1 Å². The van der Waals surface area contributed by atoms with Crippen LogP contribution in [-0.2, 0) is 0 Å². The molecule has 0 aliphatic carbocycles. The zero-order chi connectivity index (χ0) is 13.7. The minimum absolute atomic E-state index is 0.202.